The minimum absolute atomic E-state index is 0.515. The average Bonchev–Trinajstić information content (AvgIpc) is 3.51. The van der Waals surface area contributed by atoms with Crippen LogP contribution in [-0.2, 0) is 6.42 Å². The Labute approximate surface area is 292 Å². The third kappa shape index (κ3) is 12.9. The van der Waals surface area contributed by atoms with Crippen molar-refractivity contribution in [3.8, 4) is 33.9 Å². The van der Waals surface area contributed by atoms with Gasteiger partial charge < -0.3 is 9.47 Å². The molecule has 264 valence electrons. The predicted molar refractivity (Wildman–Crippen MR) is 202 cm³/mol. The highest BCUT2D eigenvalue weighted by Gasteiger charge is 2.29. The summed E-state index contributed by atoms with van der Waals surface area (Å²) < 4.78 is 27.4. The fraction of sp³-hybridized carbons (Fsp3) is 0.614. The van der Waals surface area contributed by atoms with Crippen molar-refractivity contribution in [3.05, 3.63) is 65.9 Å². The summed E-state index contributed by atoms with van der Waals surface area (Å²) in [5.41, 5.74) is 5.66. The number of rotatable bonds is 26. The van der Waals surface area contributed by atoms with Crippen molar-refractivity contribution in [2.45, 2.75) is 161 Å². The SMILES string of the molecule is CCCCCCCCCCCCOc1ccc(-c2cnc(-c3ccc(OCCCCCCCCCCCC)cc3)c3c2[C@H](F)CC3)cc1. The summed E-state index contributed by atoms with van der Waals surface area (Å²) in [5, 5.41) is 0. The number of hydrogen-bond acceptors (Lipinski definition) is 3. The summed E-state index contributed by atoms with van der Waals surface area (Å²) in [6.07, 6.45) is 28.5. The average molecular weight is 658 g/mol. The Hall–Kier alpha value is -2.88. The molecule has 0 aliphatic heterocycles. The van der Waals surface area contributed by atoms with E-state index in [2.05, 4.69) is 38.1 Å². The second kappa shape index (κ2) is 22.7. The number of nitrogens with zero attached hydrogens (tertiary/aromatic N) is 1. The summed E-state index contributed by atoms with van der Waals surface area (Å²) >= 11 is 0. The van der Waals surface area contributed by atoms with Crippen LogP contribution in [0.5, 0.6) is 11.5 Å². The molecule has 0 saturated carbocycles. The zero-order valence-corrected chi connectivity index (χ0v) is 30.4. The van der Waals surface area contributed by atoms with Gasteiger partial charge >= 0.3 is 0 Å². The molecule has 0 radical (unpaired) electrons. The van der Waals surface area contributed by atoms with Crippen LogP contribution in [-0.4, -0.2) is 18.2 Å². The molecule has 48 heavy (non-hydrogen) atoms. The van der Waals surface area contributed by atoms with Crippen molar-refractivity contribution in [1.29, 1.82) is 0 Å². The Kier molecular flexibility index (Phi) is 17.9. The summed E-state index contributed by atoms with van der Waals surface area (Å²) in [7, 11) is 0. The van der Waals surface area contributed by atoms with Gasteiger partial charge in [-0.1, -0.05) is 142 Å². The molecule has 0 N–H and O–H groups in total. The first kappa shape index (κ1) is 37.9. The highest BCUT2D eigenvalue weighted by atomic mass is 19.1. The summed E-state index contributed by atoms with van der Waals surface area (Å²) in [5.74, 6) is 1.77. The fourth-order valence-electron chi connectivity index (χ4n) is 7.07. The lowest BCUT2D eigenvalue weighted by Gasteiger charge is -2.15. The minimum atomic E-state index is -0.965. The van der Waals surface area contributed by atoms with Gasteiger partial charge in [-0.05, 0) is 73.2 Å². The van der Waals surface area contributed by atoms with Gasteiger partial charge in [-0.25, -0.2) is 4.39 Å². The van der Waals surface area contributed by atoms with E-state index in [1.54, 1.807) is 0 Å². The van der Waals surface area contributed by atoms with Crippen LogP contribution in [0, 0.1) is 0 Å². The first-order chi connectivity index (χ1) is 23.7. The van der Waals surface area contributed by atoms with E-state index in [1.165, 1.54) is 116 Å². The Morgan fingerprint density at radius 1 is 0.562 bits per heavy atom. The largest absolute Gasteiger partial charge is 0.494 e. The maximum absolute atomic E-state index is 15.3. The number of pyridine rings is 1. The maximum atomic E-state index is 15.3. The Bertz CT molecular complexity index is 1270. The quantitative estimate of drug-likeness (QED) is 0.0805. The topological polar surface area (TPSA) is 31.4 Å². The van der Waals surface area contributed by atoms with Crippen LogP contribution in [0.2, 0.25) is 0 Å². The number of benzene rings is 2. The van der Waals surface area contributed by atoms with E-state index in [4.69, 9.17) is 14.5 Å². The number of fused-ring (bicyclic) bond motifs is 1. The highest BCUT2D eigenvalue weighted by Crippen LogP contribution is 2.44. The van der Waals surface area contributed by atoms with Crippen LogP contribution in [0.25, 0.3) is 22.4 Å². The van der Waals surface area contributed by atoms with Gasteiger partial charge in [-0.15, -0.1) is 0 Å². The minimum Gasteiger partial charge on any atom is -0.494 e. The van der Waals surface area contributed by atoms with Gasteiger partial charge in [0.1, 0.15) is 17.7 Å². The second-order valence-electron chi connectivity index (χ2n) is 14.0. The van der Waals surface area contributed by atoms with Gasteiger partial charge in [0.05, 0.1) is 18.9 Å². The van der Waals surface area contributed by atoms with Crippen molar-refractivity contribution < 1.29 is 13.9 Å². The van der Waals surface area contributed by atoms with Crippen molar-refractivity contribution in [2.24, 2.45) is 0 Å². The van der Waals surface area contributed by atoms with Crippen molar-refractivity contribution >= 4 is 0 Å². The Balaban J connectivity index is 1.20. The van der Waals surface area contributed by atoms with E-state index in [9.17, 15) is 0 Å². The van der Waals surface area contributed by atoms with Gasteiger partial charge in [0, 0.05) is 22.9 Å². The van der Waals surface area contributed by atoms with Gasteiger partial charge in [0.25, 0.3) is 0 Å². The zero-order valence-electron chi connectivity index (χ0n) is 30.4. The number of hydrogen-bond donors (Lipinski definition) is 0. The summed E-state index contributed by atoms with van der Waals surface area (Å²) in [6, 6.07) is 16.3. The molecule has 1 heterocycles. The third-order valence-corrected chi connectivity index (χ3v) is 10.0. The molecular weight excluding hydrogens is 593 g/mol. The van der Waals surface area contributed by atoms with Crippen LogP contribution in [0.4, 0.5) is 4.39 Å². The molecule has 1 aliphatic rings. The fourth-order valence-corrected chi connectivity index (χ4v) is 7.07. The molecule has 4 heteroatoms. The monoisotopic (exact) mass is 657 g/mol. The molecule has 0 bridgehead atoms. The number of halogens is 1. The van der Waals surface area contributed by atoms with E-state index in [-0.39, 0.29) is 0 Å². The van der Waals surface area contributed by atoms with Crippen LogP contribution in [0.1, 0.15) is 166 Å². The molecule has 3 aromatic rings. The second-order valence-corrected chi connectivity index (χ2v) is 14.0. The van der Waals surface area contributed by atoms with E-state index < -0.39 is 6.17 Å². The number of unbranched alkanes of at least 4 members (excludes halogenated alkanes) is 18. The molecule has 3 nitrogen and oxygen atoms in total. The van der Waals surface area contributed by atoms with Gasteiger partial charge in [-0.2, -0.15) is 0 Å². The lowest BCUT2D eigenvalue weighted by atomic mass is 9.95. The molecule has 0 fully saturated rings. The number of ether oxygens (including phenoxy) is 2. The van der Waals surface area contributed by atoms with E-state index in [0.29, 0.717) is 12.8 Å². The van der Waals surface area contributed by atoms with Gasteiger partial charge in [0.2, 0.25) is 0 Å². The standard InChI is InChI=1S/C44H64FNO2/c1-3-5-7-9-11-13-15-17-19-21-33-47-38-27-23-36(24-28-38)41-35-46-44(40-31-32-42(45)43(40)41)37-25-29-39(30-26-37)48-34-22-20-18-16-14-12-10-8-6-4-2/h23-30,35,42H,3-22,31-34H2,1-2H3/t42-/m1/s1. The Morgan fingerprint density at radius 3 is 1.44 bits per heavy atom. The first-order valence-electron chi connectivity index (χ1n) is 19.8. The van der Waals surface area contributed by atoms with E-state index in [0.717, 1.165) is 71.1 Å². The van der Waals surface area contributed by atoms with Crippen molar-refractivity contribution in [2.75, 3.05) is 13.2 Å². The molecule has 0 unspecified atom stereocenters. The molecule has 0 saturated heterocycles. The lowest BCUT2D eigenvalue weighted by molar-refractivity contribution is 0.304. The van der Waals surface area contributed by atoms with Gasteiger partial charge in [-0.3, -0.25) is 4.98 Å². The third-order valence-electron chi connectivity index (χ3n) is 10.0. The zero-order chi connectivity index (χ0) is 33.7. The molecule has 2 aromatic carbocycles. The maximum Gasteiger partial charge on any atom is 0.126 e. The lowest BCUT2D eigenvalue weighted by Crippen LogP contribution is -1.99. The molecule has 4 rings (SSSR count). The smallest absolute Gasteiger partial charge is 0.126 e. The molecular formula is C44H64FNO2. The molecule has 0 amide bonds. The van der Waals surface area contributed by atoms with Crippen LogP contribution < -0.4 is 9.47 Å². The number of alkyl halides is 1. The summed E-state index contributed by atoms with van der Waals surface area (Å²) in [4.78, 5) is 4.89. The molecule has 1 aromatic heterocycles. The predicted octanol–water partition coefficient (Wildman–Crippen LogP) is 14.0. The van der Waals surface area contributed by atoms with Crippen LogP contribution in [0.15, 0.2) is 54.7 Å². The molecule has 0 spiro atoms. The van der Waals surface area contributed by atoms with E-state index in [1.807, 2.05) is 30.5 Å². The normalized spacial score (nSPS) is 13.9. The first-order valence-corrected chi connectivity index (χ1v) is 19.8. The molecule has 1 aliphatic carbocycles. The molecule has 1 atom stereocenters. The van der Waals surface area contributed by atoms with E-state index >= 15 is 4.39 Å². The van der Waals surface area contributed by atoms with Gasteiger partial charge in [0.15, 0.2) is 0 Å². The number of aromatic nitrogens is 1. The van der Waals surface area contributed by atoms with Crippen molar-refractivity contribution in [3.63, 3.8) is 0 Å². The van der Waals surface area contributed by atoms with Crippen LogP contribution in [0.3, 0.4) is 0 Å². The summed E-state index contributed by atoms with van der Waals surface area (Å²) in [6.45, 7) is 6.05. The highest BCUT2D eigenvalue weighted by molar-refractivity contribution is 5.76. The van der Waals surface area contributed by atoms with Crippen molar-refractivity contribution in [1.82, 2.24) is 4.98 Å². The Morgan fingerprint density at radius 2 is 0.979 bits per heavy atom. The van der Waals surface area contributed by atoms with Crippen LogP contribution >= 0.6 is 0 Å².